The van der Waals surface area contributed by atoms with Crippen LogP contribution in [0.2, 0.25) is 0 Å². The molecular formula is C34H36N2O7. The van der Waals surface area contributed by atoms with Crippen LogP contribution in [-0.4, -0.2) is 47.2 Å². The molecule has 0 saturated carbocycles. The predicted molar refractivity (Wildman–Crippen MR) is 163 cm³/mol. The molecule has 9 heteroatoms. The van der Waals surface area contributed by atoms with E-state index in [0.717, 1.165) is 16.8 Å². The molecule has 1 aliphatic heterocycles. The fraction of sp³-hybridized carbons (Fsp3) is 0.294. The minimum atomic E-state index is -0.635. The highest BCUT2D eigenvalue weighted by Crippen LogP contribution is 2.47. The van der Waals surface area contributed by atoms with E-state index in [2.05, 4.69) is 10.6 Å². The van der Waals surface area contributed by atoms with Gasteiger partial charge in [-0.25, -0.2) is 0 Å². The number of benzene rings is 3. The van der Waals surface area contributed by atoms with Crippen molar-refractivity contribution in [3.05, 3.63) is 94.3 Å². The van der Waals surface area contributed by atoms with E-state index in [1.165, 1.54) is 0 Å². The number of hydrogen-bond acceptors (Lipinski definition) is 8. The third-order valence-corrected chi connectivity index (χ3v) is 8.05. The summed E-state index contributed by atoms with van der Waals surface area (Å²) in [5.74, 6) is 1.74. The lowest BCUT2D eigenvalue weighted by Gasteiger charge is -2.37. The number of carbonyl (C=O) groups is 2. The van der Waals surface area contributed by atoms with Crippen molar-refractivity contribution in [1.29, 1.82) is 0 Å². The minimum absolute atomic E-state index is 0.0385. The molecule has 0 radical (unpaired) electrons. The van der Waals surface area contributed by atoms with E-state index in [1.807, 2.05) is 49.4 Å². The summed E-state index contributed by atoms with van der Waals surface area (Å²) < 4.78 is 27.4. The number of nitrogens with one attached hydrogen (secondary N) is 2. The zero-order valence-electron chi connectivity index (χ0n) is 25.2. The summed E-state index contributed by atoms with van der Waals surface area (Å²) in [6.45, 7) is 1.86. The monoisotopic (exact) mass is 584 g/mol. The van der Waals surface area contributed by atoms with E-state index >= 15 is 0 Å². The second-order valence-electron chi connectivity index (χ2n) is 10.4. The Morgan fingerprint density at radius 3 is 1.95 bits per heavy atom. The molecule has 3 aromatic carbocycles. The first-order valence-electron chi connectivity index (χ1n) is 14.0. The fourth-order valence-corrected chi connectivity index (χ4v) is 5.99. The van der Waals surface area contributed by atoms with E-state index in [9.17, 15) is 9.59 Å². The summed E-state index contributed by atoms with van der Waals surface area (Å²) in [5, 5.41) is 6.43. The summed E-state index contributed by atoms with van der Waals surface area (Å²) in [6.07, 6.45) is 0.860. The zero-order valence-corrected chi connectivity index (χ0v) is 25.2. The van der Waals surface area contributed by atoms with Crippen LogP contribution in [0.4, 0.5) is 5.69 Å². The van der Waals surface area contributed by atoms with Crippen molar-refractivity contribution in [2.45, 2.75) is 31.6 Å². The van der Waals surface area contributed by atoms with Gasteiger partial charge in [0.15, 0.2) is 28.8 Å². The maximum absolute atomic E-state index is 14.1. The van der Waals surface area contributed by atoms with Crippen LogP contribution in [0.15, 0.2) is 83.2 Å². The third-order valence-electron chi connectivity index (χ3n) is 8.05. The van der Waals surface area contributed by atoms with Gasteiger partial charge in [0.05, 0.1) is 41.2 Å². The van der Waals surface area contributed by atoms with Gasteiger partial charge < -0.3 is 34.3 Å². The maximum Gasteiger partial charge on any atom is 0.254 e. The predicted octanol–water partition coefficient (Wildman–Crippen LogP) is 5.73. The molecule has 1 heterocycles. The lowest BCUT2D eigenvalue weighted by atomic mass is 9.71. The van der Waals surface area contributed by atoms with E-state index in [-0.39, 0.29) is 24.0 Å². The van der Waals surface area contributed by atoms with E-state index < -0.39 is 5.92 Å². The number of dihydropyridines is 1. The van der Waals surface area contributed by atoms with E-state index in [1.54, 1.807) is 53.7 Å². The van der Waals surface area contributed by atoms with Crippen LogP contribution >= 0.6 is 0 Å². The summed E-state index contributed by atoms with van der Waals surface area (Å²) in [5.41, 5.74) is 4.71. The van der Waals surface area contributed by atoms with Gasteiger partial charge in [0.1, 0.15) is 5.75 Å². The Morgan fingerprint density at radius 1 is 0.744 bits per heavy atom. The number of para-hydroxylation sites is 2. The van der Waals surface area contributed by atoms with Crippen molar-refractivity contribution >= 4 is 17.4 Å². The Hall–Kier alpha value is -4.92. The Kier molecular flexibility index (Phi) is 8.61. The highest BCUT2D eigenvalue weighted by atomic mass is 16.5. The summed E-state index contributed by atoms with van der Waals surface area (Å²) >= 11 is 0. The van der Waals surface area contributed by atoms with Crippen molar-refractivity contribution in [3.63, 3.8) is 0 Å². The molecule has 224 valence electrons. The third kappa shape index (κ3) is 5.62. The van der Waals surface area contributed by atoms with Crippen LogP contribution in [0, 0.1) is 0 Å². The highest BCUT2D eigenvalue weighted by Gasteiger charge is 2.41. The molecule has 43 heavy (non-hydrogen) atoms. The second-order valence-corrected chi connectivity index (χ2v) is 10.4. The second kappa shape index (κ2) is 12.5. The number of Topliss-reactive ketones (excluding diaryl/α,β-unsaturated/α-hetero) is 1. The van der Waals surface area contributed by atoms with Gasteiger partial charge in [-0.05, 0) is 66.8 Å². The van der Waals surface area contributed by atoms with Crippen molar-refractivity contribution in [2.75, 3.05) is 40.9 Å². The number of ether oxygens (including phenoxy) is 5. The first kappa shape index (κ1) is 29.6. The number of carbonyl (C=O) groups excluding carboxylic acids is 2. The molecule has 3 aromatic rings. The first-order valence-corrected chi connectivity index (χ1v) is 14.0. The number of allylic oxidation sites excluding steroid dienone is 3. The minimum Gasteiger partial charge on any atom is -0.495 e. The fourth-order valence-electron chi connectivity index (χ4n) is 5.99. The van der Waals surface area contributed by atoms with E-state index in [0.29, 0.717) is 57.7 Å². The number of rotatable bonds is 9. The number of ketones is 1. The molecule has 5 rings (SSSR count). The molecule has 0 spiro atoms. The zero-order chi connectivity index (χ0) is 30.7. The number of methoxy groups -OCH3 is 5. The normalized spacial score (nSPS) is 18.0. The molecule has 2 N–H and O–H groups in total. The molecule has 0 aromatic heterocycles. The Labute approximate surface area is 251 Å². The van der Waals surface area contributed by atoms with Crippen LogP contribution in [0.3, 0.4) is 0 Å². The largest absolute Gasteiger partial charge is 0.495 e. The molecule has 0 fully saturated rings. The molecular weight excluding hydrogens is 548 g/mol. The molecule has 9 nitrogen and oxygen atoms in total. The van der Waals surface area contributed by atoms with Crippen LogP contribution in [-0.2, 0) is 9.59 Å². The molecule has 1 aliphatic carbocycles. The van der Waals surface area contributed by atoms with Crippen LogP contribution in [0.25, 0.3) is 0 Å². The Morgan fingerprint density at radius 2 is 1.33 bits per heavy atom. The standard InChI is InChI=1S/C34H36N2O7/c1-19-31(34(38)36-23-9-7-8-10-26(23)39-2)32(21-12-14-28(41-4)30(18-21)43-6)33-24(35-19)15-22(16-25(33)37)20-11-13-27(40-3)29(17-20)42-5/h7-14,17-18,22,32,35H,15-16H2,1-6H3,(H,36,38)/t22-,32+/m0/s1. The molecule has 2 aliphatic rings. The molecule has 2 atom stereocenters. The topological polar surface area (TPSA) is 104 Å². The quantitative estimate of drug-likeness (QED) is 0.329. The number of anilines is 1. The van der Waals surface area contributed by atoms with Crippen molar-refractivity contribution in [2.24, 2.45) is 0 Å². The molecule has 0 unspecified atom stereocenters. The van der Waals surface area contributed by atoms with Crippen LogP contribution in [0.5, 0.6) is 28.7 Å². The maximum atomic E-state index is 14.1. The van der Waals surface area contributed by atoms with Gasteiger partial charge in [0.2, 0.25) is 0 Å². The number of amides is 1. The van der Waals surface area contributed by atoms with E-state index in [4.69, 9.17) is 23.7 Å². The average molecular weight is 585 g/mol. The van der Waals surface area contributed by atoms with Crippen molar-refractivity contribution in [1.82, 2.24) is 5.32 Å². The highest BCUT2D eigenvalue weighted by molar-refractivity contribution is 6.10. The van der Waals surface area contributed by atoms with Gasteiger partial charge in [0.25, 0.3) is 5.91 Å². The van der Waals surface area contributed by atoms with Crippen molar-refractivity contribution < 1.29 is 33.3 Å². The molecule has 1 amide bonds. The van der Waals surface area contributed by atoms with Gasteiger partial charge in [-0.1, -0.05) is 24.3 Å². The molecule has 0 saturated heterocycles. The summed E-state index contributed by atoms with van der Waals surface area (Å²) in [6, 6.07) is 18.5. The Bertz CT molecular complexity index is 1620. The summed E-state index contributed by atoms with van der Waals surface area (Å²) in [7, 11) is 7.87. The van der Waals surface area contributed by atoms with Gasteiger partial charge in [0, 0.05) is 34.9 Å². The van der Waals surface area contributed by atoms with Gasteiger partial charge in [-0.15, -0.1) is 0 Å². The SMILES string of the molecule is COc1ccccc1NC(=O)C1=C(C)NC2=C(C(=O)C[C@@H](c3ccc(OC)c(OC)c3)C2)[C@@H]1c1ccc(OC)c(OC)c1. The van der Waals surface area contributed by atoms with Crippen LogP contribution < -0.4 is 34.3 Å². The lowest BCUT2D eigenvalue weighted by Crippen LogP contribution is -2.37. The first-order chi connectivity index (χ1) is 20.8. The smallest absolute Gasteiger partial charge is 0.254 e. The Balaban J connectivity index is 1.59. The van der Waals surface area contributed by atoms with Gasteiger partial charge >= 0.3 is 0 Å². The van der Waals surface area contributed by atoms with Crippen molar-refractivity contribution in [3.8, 4) is 28.7 Å². The number of hydrogen-bond donors (Lipinski definition) is 2. The van der Waals surface area contributed by atoms with Gasteiger partial charge in [-0.3, -0.25) is 9.59 Å². The lowest BCUT2D eigenvalue weighted by molar-refractivity contribution is -0.116. The molecule has 0 bridgehead atoms. The average Bonchev–Trinajstić information content (AvgIpc) is 3.03. The van der Waals surface area contributed by atoms with Gasteiger partial charge in [-0.2, -0.15) is 0 Å². The van der Waals surface area contributed by atoms with Crippen LogP contribution in [0.1, 0.15) is 42.7 Å². The summed E-state index contributed by atoms with van der Waals surface area (Å²) in [4.78, 5) is 28.1.